The van der Waals surface area contributed by atoms with Gasteiger partial charge in [0.25, 0.3) is 5.91 Å². The molecule has 1 saturated heterocycles. The van der Waals surface area contributed by atoms with Crippen LogP contribution in [0.5, 0.6) is 11.5 Å². The number of phenols is 1. The Balaban J connectivity index is 1.18. The smallest absolute Gasteiger partial charge is 0.504 e. The van der Waals surface area contributed by atoms with E-state index in [2.05, 4.69) is 10.2 Å². The predicted octanol–water partition coefficient (Wildman–Crippen LogP) is 1.99. The van der Waals surface area contributed by atoms with Gasteiger partial charge in [0.15, 0.2) is 29.8 Å². The number of carbonyl (C=O) groups is 4. The number of ether oxygens (including phenoxy) is 5. The minimum Gasteiger partial charge on any atom is -0.504 e. The van der Waals surface area contributed by atoms with Crippen molar-refractivity contribution in [3.63, 3.8) is 0 Å². The first-order valence-electron chi connectivity index (χ1n) is 14.8. The van der Waals surface area contributed by atoms with E-state index in [-0.39, 0.29) is 36.9 Å². The highest BCUT2D eigenvalue weighted by atomic mass is 16.7. The van der Waals surface area contributed by atoms with Crippen LogP contribution >= 0.6 is 0 Å². The second kappa shape index (κ2) is 11.3. The number of likely N-dealkylation sites (N-methyl/N-ethyl adjacent to an activating group) is 1. The molecular weight excluding hydrogens is 576 g/mol. The third kappa shape index (κ3) is 5.36. The van der Waals surface area contributed by atoms with Gasteiger partial charge >= 0.3 is 18.1 Å². The molecule has 2 aliphatic carbocycles. The zero-order valence-electron chi connectivity index (χ0n) is 25.8. The summed E-state index contributed by atoms with van der Waals surface area (Å²) in [6.45, 7) is 8.28. The molecule has 240 valence electrons. The lowest BCUT2D eigenvalue weighted by atomic mass is 9.50. The van der Waals surface area contributed by atoms with Crippen molar-refractivity contribution in [1.82, 2.24) is 10.2 Å². The predicted molar refractivity (Wildman–Crippen MR) is 153 cm³/mol. The van der Waals surface area contributed by atoms with Gasteiger partial charge < -0.3 is 44.1 Å². The standard InChI is InChI=1S/C31H40N2O11/c1-16(41-28(38)44-29(3,4)5)26(36)32-13-10-22(35)40-17(2)27(37)42-20-9-11-31(39)21-15-18-7-8-19(34)24-23(18)30(31,25(20)43-24)12-14-33(21)6/h7-9,16-17,21,25,34,39H,10-15H2,1-6H3,(H,32,36)/t16-,17-,21-,25-,30-,31+/m0/s1. The maximum atomic E-state index is 13.1. The molecule has 3 N–H and O–H groups in total. The molecule has 1 amide bonds. The summed E-state index contributed by atoms with van der Waals surface area (Å²) in [5.74, 6) is -1.78. The second-order valence-electron chi connectivity index (χ2n) is 12.9. The number of benzene rings is 1. The molecule has 5 rings (SSSR count). The van der Waals surface area contributed by atoms with Gasteiger partial charge in [0.1, 0.15) is 11.4 Å². The summed E-state index contributed by atoms with van der Waals surface area (Å²) in [4.78, 5) is 51.6. The van der Waals surface area contributed by atoms with Crippen LogP contribution in [0.2, 0.25) is 0 Å². The summed E-state index contributed by atoms with van der Waals surface area (Å²) < 4.78 is 27.2. The summed E-state index contributed by atoms with van der Waals surface area (Å²) in [5, 5.41) is 25.3. The van der Waals surface area contributed by atoms with E-state index in [1.54, 1.807) is 32.9 Å². The number of nitrogens with zero attached hydrogens (tertiary/aromatic N) is 1. The number of nitrogens with one attached hydrogen (secondary N) is 1. The summed E-state index contributed by atoms with van der Waals surface area (Å²) in [6, 6.07) is 3.25. The highest BCUT2D eigenvalue weighted by Crippen LogP contribution is 2.65. The van der Waals surface area contributed by atoms with E-state index in [0.29, 0.717) is 25.1 Å². The molecule has 0 radical (unpaired) electrons. The number of piperidine rings is 1. The van der Waals surface area contributed by atoms with Crippen molar-refractivity contribution >= 4 is 24.0 Å². The van der Waals surface area contributed by atoms with Crippen molar-refractivity contribution in [1.29, 1.82) is 0 Å². The number of esters is 2. The van der Waals surface area contributed by atoms with Gasteiger partial charge in [-0.3, -0.25) is 9.59 Å². The first-order chi connectivity index (χ1) is 20.6. The van der Waals surface area contributed by atoms with Crippen LogP contribution in [-0.4, -0.2) is 94.8 Å². The van der Waals surface area contributed by atoms with E-state index >= 15 is 0 Å². The topological polar surface area (TPSA) is 170 Å². The van der Waals surface area contributed by atoms with Gasteiger partial charge in [-0.2, -0.15) is 0 Å². The van der Waals surface area contributed by atoms with Crippen molar-refractivity contribution in [2.45, 2.75) is 101 Å². The van der Waals surface area contributed by atoms with Crippen molar-refractivity contribution in [2.75, 3.05) is 20.1 Å². The molecule has 0 unspecified atom stereocenters. The van der Waals surface area contributed by atoms with Gasteiger partial charge in [-0.05, 0) is 78.8 Å². The van der Waals surface area contributed by atoms with Crippen LogP contribution in [0.1, 0.15) is 65.0 Å². The Bertz CT molecular complexity index is 1400. The lowest BCUT2D eigenvalue weighted by Crippen LogP contribution is -2.74. The summed E-state index contributed by atoms with van der Waals surface area (Å²) in [5.41, 5.74) is -1.15. The third-order valence-corrected chi connectivity index (χ3v) is 8.87. The van der Waals surface area contributed by atoms with Gasteiger partial charge in [0, 0.05) is 24.6 Å². The van der Waals surface area contributed by atoms with Gasteiger partial charge in [-0.1, -0.05) is 6.07 Å². The molecule has 44 heavy (non-hydrogen) atoms. The molecule has 6 atom stereocenters. The normalized spacial score (nSPS) is 27.9. The Labute approximate surface area is 255 Å². The first kappa shape index (κ1) is 31.6. The van der Waals surface area contributed by atoms with Crippen molar-refractivity contribution in [3.05, 3.63) is 35.1 Å². The Morgan fingerprint density at radius 1 is 1.16 bits per heavy atom. The maximum absolute atomic E-state index is 13.1. The third-order valence-electron chi connectivity index (χ3n) is 8.87. The fraction of sp³-hybridized carbons (Fsp3) is 0.613. The Hall–Kier alpha value is -3.84. The zero-order chi connectivity index (χ0) is 32.2. The molecule has 2 heterocycles. The lowest BCUT2D eigenvalue weighted by Gasteiger charge is -2.61. The number of carbonyl (C=O) groups excluding carboxylic acids is 4. The van der Waals surface area contributed by atoms with Gasteiger partial charge in [0.05, 0.1) is 17.4 Å². The van der Waals surface area contributed by atoms with Gasteiger partial charge in [-0.15, -0.1) is 0 Å². The van der Waals surface area contributed by atoms with Crippen LogP contribution < -0.4 is 10.1 Å². The molecule has 13 heteroatoms. The van der Waals surface area contributed by atoms with Crippen LogP contribution in [0.15, 0.2) is 24.0 Å². The Kier molecular flexibility index (Phi) is 8.08. The molecular formula is C31H40N2O11. The molecule has 0 saturated carbocycles. The number of amides is 1. The SMILES string of the molecule is C[C@H](OC(=O)OC(C)(C)C)C(=O)NCCC(=O)O[C@@H](C)C(=O)OC1=CC[C@@]2(O)[C@@H]3Cc4ccc(O)c5c4[C@@]2(CCN3C)[C@H]1O5. The van der Waals surface area contributed by atoms with E-state index in [1.807, 2.05) is 13.1 Å². The maximum Gasteiger partial charge on any atom is 0.509 e. The van der Waals surface area contributed by atoms with Crippen LogP contribution in [0, 0.1) is 0 Å². The largest absolute Gasteiger partial charge is 0.509 e. The van der Waals surface area contributed by atoms with Gasteiger partial charge in [0.2, 0.25) is 0 Å². The highest BCUT2D eigenvalue weighted by molar-refractivity contribution is 5.83. The minimum atomic E-state index is -1.28. The number of aromatic hydroxyl groups is 1. The van der Waals surface area contributed by atoms with Crippen LogP contribution in [0.25, 0.3) is 0 Å². The second-order valence-corrected chi connectivity index (χ2v) is 12.9. The first-order valence-corrected chi connectivity index (χ1v) is 14.8. The number of hydrogen-bond acceptors (Lipinski definition) is 12. The molecule has 2 aliphatic heterocycles. The van der Waals surface area contributed by atoms with Crippen LogP contribution in [0.4, 0.5) is 4.79 Å². The van der Waals surface area contributed by atoms with E-state index in [1.165, 1.54) is 13.8 Å². The van der Waals surface area contributed by atoms with Gasteiger partial charge in [-0.25, -0.2) is 9.59 Å². The molecule has 1 spiro atoms. The van der Waals surface area contributed by atoms with E-state index in [9.17, 15) is 29.4 Å². The summed E-state index contributed by atoms with van der Waals surface area (Å²) >= 11 is 0. The quantitative estimate of drug-likeness (QED) is 0.287. The number of hydrogen-bond donors (Lipinski definition) is 3. The molecule has 1 fully saturated rings. The number of aliphatic hydroxyl groups is 1. The molecule has 1 aromatic carbocycles. The monoisotopic (exact) mass is 616 g/mol. The number of likely N-dealkylation sites (tertiary alicyclic amines) is 1. The average Bonchev–Trinajstić information content (AvgIpc) is 3.28. The van der Waals surface area contributed by atoms with Crippen LogP contribution in [0.3, 0.4) is 0 Å². The Morgan fingerprint density at radius 3 is 2.59 bits per heavy atom. The van der Waals surface area contributed by atoms with Crippen molar-refractivity contribution < 1.29 is 53.1 Å². The molecule has 0 aromatic heterocycles. The van der Waals surface area contributed by atoms with Crippen LogP contribution in [-0.2, 0) is 45.2 Å². The number of phenolic OH excluding ortho intramolecular Hbond substituents is 1. The number of rotatable bonds is 8. The van der Waals surface area contributed by atoms with E-state index in [4.69, 9.17) is 23.7 Å². The Morgan fingerprint density at radius 2 is 1.89 bits per heavy atom. The van der Waals surface area contributed by atoms with E-state index in [0.717, 1.165) is 11.1 Å². The highest BCUT2D eigenvalue weighted by Gasteiger charge is 2.72. The molecule has 4 aliphatic rings. The van der Waals surface area contributed by atoms with Crippen molar-refractivity contribution in [2.24, 2.45) is 0 Å². The fourth-order valence-corrected chi connectivity index (χ4v) is 6.84. The zero-order valence-corrected chi connectivity index (χ0v) is 25.8. The summed E-state index contributed by atoms with van der Waals surface area (Å²) in [7, 11) is 1.98. The van der Waals surface area contributed by atoms with Crippen molar-refractivity contribution in [3.8, 4) is 11.5 Å². The minimum absolute atomic E-state index is 0.0434. The molecule has 13 nitrogen and oxygen atoms in total. The van der Waals surface area contributed by atoms with E-state index < -0.39 is 58.9 Å². The molecule has 2 bridgehead atoms. The summed E-state index contributed by atoms with van der Waals surface area (Å²) in [6.07, 6.45) is -1.55. The molecule has 1 aromatic rings. The fourth-order valence-electron chi connectivity index (χ4n) is 6.84. The average molecular weight is 617 g/mol. The lowest BCUT2D eigenvalue weighted by molar-refractivity contribution is -0.175.